The van der Waals surface area contributed by atoms with Crippen LogP contribution in [0.25, 0.3) is 0 Å². The molecule has 6 nitrogen and oxygen atoms in total. The second-order valence-electron chi connectivity index (χ2n) is 8.73. The third-order valence-corrected chi connectivity index (χ3v) is 6.74. The molecule has 2 aliphatic heterocycles. The van der Waals surface area contributed by atoms with E-state index in [1.54, 1.807) is 19.2 Å². The molecule has 2 aromatic rings. The molecule has 2 amide bonds. The van der Waals surface area contributed by atoms with Gasteiger partial charge in [-0.1, -0.05) is 37.6 Å². The van der Waals surface area contributed by atoms with Gasteiger partial charge < -0.3 is 19.4 Å². The van der Waals surface area contributed by atoms with Gasteiger partial charge >= 0.3 is 0 Å². The first-order chi connectivity index (χ1) is 16.0. The first-order valence-electron chi connectivity index (χ1n) is 11.7. The number of ether oxygens (including phenoxy) is 1. The second kappa shape index (κ2) is 10.2. The summed E-state index contributed by atoms with van der Waals surface area (Å²) in [6, 6.07) is 14.1. The summed E-state index contributed by atoms with van der Waals surface area (Å²) in [6.07, 6.45) is 2.11. The van der Waals surface area contributed by atoms with Gasteiger partial charge in [-0.25, -0.2) is 4.39 Å². The van der Waals surface area contributed by atoms with Crippen LogP contribution < -0.4 is 9.64 Å². The normalized spacial score (nSPS) is 20.9. The van der Waals surface area contributed by atoms with E-state index in [0.29, 0.717) is 38.4 Å². The molecular formula is C26H32FN3O3. The van der Waals surface area contributed by atoms with Crippen molar-refractivity contribution in [2.45, 2.75) is 32.2 Å². The minimum absolute atomic E-state index is 0.0105. The molecule has 0 aliphatic carbocycles. The number of nitrogens with zero attached hydrogens (tertiary/aromatic N) is 3. The van der Waals surface area contributed by atoms with E-state index in [2.05, 4.69) is 6.92 Å². The SMILES string of the molecule is CCCCN1C(=O)CC(C(=O)N2CCN(c3ccccc3F)CC2)C1c1ccc(OC)cc1. The molecule has 4 rings (SSSR count). The maximum absolute atomic E-state index is 14.2. The van der Waals surface area contributed by atoms with Gasteiger partial charge in [-0.05, 0) is 36.2 Å². The number of hydrogen-bond acceptors (Lipinski definition) is 4. The van der Waals surface area contributed by atoms with Crippen molar-refractivity contribution in [1.82, 2.24) is 9.80 Å². The van der Waals surface area contributed by atoms with Crippen molar-refractivity contribution in [2.75, 3.05) is 44.7 Å². The number of anilines is 1. The Bertz CT molecular complexity index is 973. The van der Waals surface area contributed by atoms with Crippen molar-refractivity contribution in [3.8, 4) is 5.75 Å². The number of rotatable bonds is 7. The van der Waals surface area contributed by atoms with E-state index >= 15 is 0 Å². The lowest BCUT2D eigenvalue weighted by Crippen LogP contribution is -2.51. The number of likely N-dealkylation sites (tertiary alicyclic amines) is 1. The number of amides is 2. The Morgan fingerprint density at radius 3 is 2.39 bits per heavy atom. The summed E-state index contributed by atoms with van der Waals surface area (Å²) >= 11 is 0. The Morgan fingerprint density at radius 1 is 1.06 bits per heavy atom. The van der Waals surface area contributed by atoms with Crippen molar-refractivity contribution in [2.24, 2.45) is 5.92 Å². The van der Waals surface area contributed by atoms with Crippen LogP contribution in [0.1, 0.15) is 37.8 Å². The molecule has 176 valence electrons. The van der Waals surface area contributed by atoms with Crippen molar-refractivity contribution >= 4 is 17.5 Å². The van der Waals surface area contributed by atoms with Gasteiger partial charge in [0.05, 0.1) is 24.8 Å². The second-order valence-corrected chi connectivity index (χ2v) is 8.73. The van der Waals surface area contributed by atoms with Gasteiger partial charge in [-0.15, -0.1) is 0 Å². The highest BCUT2D eigenvalue weighted by atomic mass is 19.1. The van der Waals surface area contributed by atoms with Crippen LogP contribution in [0.15, 0.2) is 48.5 Å². The van der Waals surface area contributed by atoms with Crippen LogP contribution in [0.5, 0.6) is 5.75 Å². The van der Waals surface area contributed by atoms with Crippen LogP contribution in [0.2, 0.25) is 0 Å². The van der Waals surface area contributed by atoms with Gasteiger partial charge in [0.2, 0.25) is 11.8 Å². The molecular weight excluding hydrogens is 421 g/mol. The Hall–Kier alpha value is -3.09. The van der Waals surface area contributed by atoms with Crippen molar-refractivity contribution in [3.05, 3.63) is 59.9 Å². The quantitative estimate of drug-likeness (QED) is 0.639. The first-order valence-corrected chi connectivity index (χ1v) is 11.7. The van der Waals surface area contributed by atoms with Gasteiger partial charge in [0.25, 0.3) is 0 Å². The third-order valence-electron chi connectivity index (χ3n) is 6.74. The zero-order valence-electron chi connectivity index (χ0n) is 19.4. The summed E-state index contributed by atoms with van der Waals surface area (Å²) in [5.74, 6) is 0.131. The molecule has 2 heterocycles. The number of piperazine rings is 1. The van der Waals surface area contributed by atoms with E-state index in [-0.39, 0.29) is 30.1 Å². The van der Waals surface area contributed by atoms with Crippen LogP contribution in [-0.2, 0) is 9.59 Å². The van der Waals surface area contributed by atoms with Crippen LogP contribution in [0.3, 0.4) is 0 Å². The number of methoxy groups -OCH3 is 1. The molecule has 7 heteroatoms. The van der Waals surface area contributed by atoms with Crippen LogP contribution in [0.4, 0.5) is 10.1 Å². The zero-order chi connectivity index (χ0) is 23.4. The lowest BCUT2D eigenvalue weighted by molar-refractivity contribution is -0.136. The van der Waals surface area contributed by atoms with E-state index in [1.807, 2.05) is 45.0 Å². The predicted octanol–water partition coefficient (Wildman–Crippen LogP) is 3.87. The van der Waals surface area contributed by atoms with Crippen molar-refractivity contribution in [3.63, 3.8) is 0 Å². The lowest BCUT2D eigenvalue weighted by Gasteiger charge is -2.38. The molecule has 0 saturated carbocycles. The summed E-state index contributed by atoms with van der Waals surface area (Å²) in [5, 5.41) is 0. The monoisotopic (exact) mass is 453 g/mol. The highest BCUT2D eigenvalue weighted by Gasteiger charge is 2.45. The fourth-order valence-electron chi connectivity index (χ4n) is 4.93. The van der Waals surface area contributed by atoms with Crippen molar-refractivity contribution in [1.29, 1.82) is 0 Å². The molecule has 0 aromatic heterocycles. The largest absolute Gasteiger partial charge is 0.497 e. The predicted molar refractivity (Wildman–Crippen MR) is 126 cm³/mol. The zero-order valence-corrected chi connectivity index (χ0v) is 19.4. The maximum atomic E-state index is 14.2. The van der Waals surface area contributed by atoms with Crippen molar-refractivity contribution < 1.29 is 18.7 Å². The van der Waals surface area contributed by atoms with Gasteiger partial charge in [-0.3, -0.25) is 9.59 Å². The summed E-state index contributed by atoms with van der Waals surface area (Å²) in [7, 11) is 1.62. The molecule has 2 fully saturated rings. The fraction of sp³-hybridized carbons (Fsp3) is 0.462. The number of para-hydroxylation sites is 1. The smallest absolute Gasteiger partial charge is 0.228 e. The molecule has 2 aliphatic rings. The Labute approximate surface area is 194 Å². The minimum atomic E-state index is -0.414. The van der Waals surface area contributed by atoms with E-state index < -0.39 is 5.92 Å². The standard InChI is InChI=1S/C26H32FN3O3/c1-3-4-13-30-24(31)18-21(25(30)19-9-11-20(33-2)12-10-19)26(32)29-16-14-28(15-17-29)23-8-6-5-7-22(23)27/h5-12,21,25H,3-4,13-18H2,1-2H3. The molecule has 2 unspecified atom stereocenters. The Kier molecular flexibility index (Phi) is 7.16. The van der Waals surface area contributed by atoms with Crippen LogP contribution >= 0.6 is 0 Å². The molecule has 0 bridgehead atoms. The summed E-state index contributed by atoms with van der Waals surface area (Å²) in [6.45, 7) is 4.92. The number of carbonyl (C=O) groups is 2. The fourth-order valence-corrected chi connectivity index (χ4v) is 4.93. The molecule has 0 N–H and O–H groups in total. The number of benzene rings is 2. The minimum Gasteiger partial charge on any atom is -0.497 e. The number of unbranched alkanes of at least 4 members (excludes halogenated alkanes) is 1. The summed E-state index contributed by atoms with van der Waals surface area (Å²) < 4.78 is 19.5. The average molecular weight is 454 g/mol. The van der Waals surface area contributed by atoms with Crippen LogP contribution in [-0.4, -0.2) is 61.4 Å². The number of hydrogen-bond donors (Lipinski definition) is 0. The molecule has 2 saturated heterocycles. The summed E-state index contributed by atoms with van der Waals surface area (Å²) in [4.78, 5) is 32.3. The highest BCUT2D eigenvalue weighted by molar-refractivity contribution is 5.90. The topological polar surface area (TPSA) is 53.1 Å². The van der Waals surface area contributed by atoms with Gasteiger partial charge in [0.1, 0.15) is 11.6 Å². The molecule has 33 heavy (non-hydrogen) atoms. The lowest BCUT2D eigenvalue weighted by atomic mass is 9.91. The van der Waals surface area contributed by atoms with E-state index in [4.69, 9.17) is 4.74 Å². The molecule has 2 atom stereocenters. The molecule has 0 spiro atoms. The number of halogens is 1. The van der Waals surface area contributed by atoms with Crippen LogP contribution in [0, 0.1) is 11.7 Å². The van der Waals surface area contributed by atoms with E-state index in [9.17, 15) is 14.0 Å². The van der Waals surface area contributed by atoms with E-state index in [0.717, 1.165) is 24.2 Å². The molecule has 2 aromatic carbocycles. The summed E-state index contributed by atoms with van der Waals surface area (Å²) in [5.41, 5.74) is 1.53. The number of carbonyl (C=O) groups excluding carboxylic acids is 2. The first kappa shape index (κ1) is 23.1. The highest BCUT2D eigenvalue weighted by Crippen LogP contribution is 2.40. The van der Waals surface area contributed by atoms with Gasteiger partial charge in [0, 0.05) is 39.1 Å². The average Bonchev–Trinajstić information content (AvgIpc) is 3.18. The molecule has 0 radical (unpaired) electrons. The third kappa shape index (κ3) is 4.82. The van der Waals surface area contributed by atoms with Gasteiger partial charge in [-0.2, -0.15) is 0 Å². The van der Waals surface area contributed by atoms with Gasteiger partial charge in [0.15, 0.2) is 0 Å². The Balaban J connectivity index is 1.51. The Morgan fingerprint density at radius 2 is 1.76 bits per heavy atom. The van der Waals surface area contributed by atoms with E-state index in [1.165, 1.54) is 6.07 Å². The maximum Gasteiger partial charge on any atom is 0.228 e.